The molecule has 1 aliphatic rings. The number of ether oxygens (including phenoxy) is 2. The summed E-state index contributed by atoms with van der Waals surface area (Å²) in [6.45, 7) is 3.25. The molecule has 9 nitrogen and oxygen atoms in total. The zero-order valence-electron chi connectivity index (χ0n) is 20.6. The van der Waals surface area contributed by atoms with Gasteiger partial charge in [0.25, 0.3) is 0 Å². The van der Waals surface area contributed by atoms with Crippen molar-refractivity contribution in [1.82, 2.24) is 19.4 Å². The molecule has 9 heteroatoms. The number of nitrogens with zero attached hydrogens (tertiary/aromatic N) is 5. The quantitative estimate of drug-likeness (QED) is 0.373. The predicted octanol–water partition coefficient (Wildman–Crippen LogP) is 3.82. The Morgan fingerprint density at radius 2 is 2.03 bits per heavy atom. The highest BCUT2D eigenvalue weighted by molar-refractivity contribution is 5.98. The van der Waals surface area contributed by atoms with Crippen molar-refractivity contribution in [2.45, 2.75) is 6.54 Å². The summed E-state index contributed by atoms with van der Waals surface area (Å²) in [6.07, 6.45) is 3.90. The molecular formula is C26H31N7O2. The van der Waals surface area contributed by atoms with E-state index in [9.17, 15) is 0 Å². The van der Waals surface area contributed by atoms with Crippen molar-refractivity contribution in [3.63, 3.8) is 0 Å². The summed E-state index contributed by atoms with van der Waals surface area (Å²) in [5.41, 5.74) is 11.7. The number of para-hydroxylation sites is 1. The van der Waals surface area contributed by atoms with E-state index < -0.39 is 0 Å². The fourth-order valence-electron chi connectivity index (χ4n) is 4.42. The number of nitrogens with two attached hydrogens (primary N) is 1. The summed E-state index contributed by atoms with van der Waals surface area (Å²) >= 11 is 0. The fraction of sp³-hybridized carbons (Fsp3) is 0.308. The number of benzene rings is 2. The molecule has 0 fully saturated rings. The molecule has 3 N–H and O–H groups in total. The Hall–Kier alpha value is -3.98. The Labute approximate surface area is 205 Å². The number of methoxy groups -OCH3 is 1. The van der Waals surface area contributed by atoms with Crippen molar-refractivity contribution in [2.24, 2.45) is 0 Å². The number of nitrogen functional groups attached to an aromatic ring is 1. The van der Waals surface area contributed by atoms with Crippen LogP contribution in [0.2, 0.25) is 0 Å². The second kappa shape index (κ2) is 9.34. The van der Waals surface area contributed by atoms with Crippen molar-refractivity contribution in [3.8, 4) is 22.8 Å². The van der Waals surface area contributed by atoms with Crippen molar-refractivity contribution in [3.05, 3.63) is 48.8 Å². The lowest BCUT2D eigenvalue weighted by Crippen LogP contribution is -2.29. The number of anilines is 4. The Morgan fingerprint density at radius 3 is 2.83 bits per heavy atom. The molecule has 2 aromatic heterocycles. The van der Waals surface area contributed by atoms with Gasteiger partial charge in [0, 0.05) is 49.5 Å². The van der Waals surface area contributed by atoms with Gasteiger partial charge in [-0.1, -0.05) is 12.1 Å². The maximum Gasteiger partial charge on any atom is 0.227 e. The maximum atomic E-state index is 6.42. The minimum Gasteiger partial charge on any atom is -0.494 e. The molecule has 1 aliphatic heterocycles. The Balaban J connectivity index is 1.45. The van der Waals surface area contributed by atoms with Gasteiger partial charge in [-0.25, -0.2) is 9.97 Å². The van der Waals surface area contributed by atoms with Gasteiger partial charge in [0.1, 0.15) is 18.1 Å². The fourth-order valence-corrected chi connectivity index (χ4v) is 4.42. The van der Waals surface area contributed by atoms with Gasteiger partial charge in [0.2, 0.25) is 5.95 Å². The number of hydrogen-bond donors (Lipinski definition) is 2. The molecule has 35 heavy (non-hydrogen) atoms. The van der Waals surface area contributed by atoms with Crippen LogP contribution in [0.4, 0.5) is 23.0 Å². The summed E-state index contributed by atoms with van der Waals surface area (Å²) < 4.78 is 13.7. The summed E-state index contributed by atoms with van der Waals surface area (Å²) in [7, 11) is 7.78. The van der Waals surface area contributed by atoms with Crippen LogP contribution in [-0.2, 0) is 6.54 Å². The molecule has 0 saturated carbocycles. The Morgan fingerprint density at radius 1 is 1.17 bits per heavy atom. The van der Waals surface area contributed by atoms with Gasteiger partial charge in [-0.2, -0.15) is 0 Å². The second-order valence-corrected chi connectivity index (χ2v) is 8.96. The van der Waals surface area contributed by atoms with Crippen molar-refractivity contribution < 1.29 is 9.47 Å². The van der Waals surface area contributed by atoms with Crippen LogP contribution in [0.5, 0.6) is 11.5 Å². The molecule has 3 heterocycles. The highest BCUT2D eigenvalue weighted by Crippen LogP contribution is 2.38. The standard InChI is InChI=1S/C26H31N7O2/c1-31(2)10-11-32(3)22-15-24(34-4)21(14-19(22)27)30-26-28-9-8-20(29-26)18-16-33-12-13-35-23-7-5-6-17(18)25(23)33/h5-9,14-16H,10-13,27H2,1-4H3,(H,28,29,30). The van der Waals surface area contributed by atoms with E-state index in [1.807, 2.05) is 37.4 Å². The third-order valence-corrected chi connectivity index (χ3v) is 6.27. The van der Waals surface area contributed by atoms with E-state index in [0.29, 0.717) is 29.7 Å². The molecule has 0 radical (unpaired) electrons. The van der Waals surface area contributed by atoms with Crippen LogP contribution in [0.1, 0.15) is 0 Å². The second-order valence-electron chi connectivity index (χ2n) is 8.96. The van der Waals surface area contributed by atoms with E-state index in [0.717, 1.165) is 53.2 Å². The molecule has 0 spiro atoms. The first-order chi connectivity index (χ1) is 16.9. The van der Waals surface area contributed by atoms with E-state index in [1.165, 1.54) is 0 Å². The number of rotatable bonds is 8. The molecule has 4 aromatic rings. The van der Waals surface area contributed by atoms with Gasteiger partial charge in [0.05, 0.1) is 41.9 Å². The maximum absolute atomic E-state index is 6.42. The molecule has 0 aliphatic carbocycles. The number of likely N-dealkylation sites (N-methyl/N-ethyl adjacent to an activating group) is 2. The lowest BCUT2D eigenvalue weighted by Gasteiger charge is -2.24. The van der Waals surface area contributed by atoms with Crippen LogP contribution in [-0.4, -0.2) is 67.4 Å². The number of hydrogen-bond acceptors (Lipinski definition) is 8. The van der Waals surface area contributed by atoms with Gasteiger partial charge in [-0.05, 0) is 32.3 Å². The van der Waals surface area contributed by atoms with E-state index in [-0.39, 0.29) is 0 Å². The summed E-state index contributed by atoms with van der Waals surface area (Å²) in [4.78, 5) is 13.5. The first-order valence-electron chi connectivity index (χ1n) is 11.6. The van der Waals surface area contributed by atoms with Gasteiger partial charge in [0.15, 0.2) is 0 Å². The van der Waals surface area contributed by atoms with Crippen LogP contribution in [0.25, 0.3) is 22.2 Å². The third kappa shape index (κ3) is 4.42. The first kappa shape index (κ1) is 22.8. The molecule has 0 unspecified atom stereocenters. The van der Waals surface area contributed by atoms with Crippen LogP contribution in [0.15, 0.2) is 48.8 Å². The highest BCUT2D eigenvalue weighted by atomic mass is 16.5. The highest BCUT2D eigenvalue weighted by Gasteiger charge is 2.19. The smallest absolute Gasteiger partial charge is 0.227 e. The third-order valence-electron chi connectivity index (χ3n) is 6.27. The molecule has 0 bridgehead atoms. The lowest BCUT2D eigenvalue weighted by atomic mass is 10.1. The predicted molar refractivity (Wildman–Crippen MR) is 141 cm³/mol. The summed E-state index contributed by atoms with van der Waals surface area (Å²) in [5.74, 6) is 2.05. The van der Waals surface area contributed by atoms with Gasteiger partial charge in [-0.15, -0.1) is 0 Å². The topological polar surface area (TPSA) is 93.7 Å². The minimum atomic E-state index is 0.470. The number of aromatic nitrogens is 3. The van der Waals surface area contributed by atoms with Gasteiger partial charge >= 0.3 is 0 Å². The van der Waals surface area contributed by atoms with Crippen LogP contribution < -0.4 is 25.4 Å². The van der Waals surface area contributed by atoms with Crippen LogP contribution in [0, 0.1) is 0 Å². The largest absolute Gasteiger partial charge is 0.494 e. The Bertz CT molecular complexity index is 1370. The molecule has 0 saturated heterocycles. The lowest BCUT2D eigenvalue weighted by molar-refractivity contribution is 0.287. The average molecular weight is 474 g/mol. The van der Waals surface area contributed by atoms with Gasteiger partial charge < -0.3 is 34.9 Å². The normalized spacial score (nSPS) is 12.6. The van der Waals surface area contributed by atoms with Crippen LogP contribution in [0.3, 0.4) is 0 Å². The van der Waals surface area contributed by atoms with E-state index in [2.05, 4.69) is 51.0 Å². The molecular weight excluding hydrogens is 442 g/mol. The molecule has 2 aromatic carbocycles. The summed E-state index contributed by atoms with van der Waals surface area (Å²) in [6, 6.07) is 11.9. The monoisotopic (exact) mass is 473 g/mol. The molecule has 182 valence electrons. The Kier molecular flexibility index (Phi) is 6.08. The zero-order valence-corrected chi connectivity index (χ0v) is 20.6. The average Bonchev–Trinajstić information content (AvgIpc) is 3.24. The van der Waals surface area contributed by atoms with Crippen molar-refractivity contribution in [2.75, 3.05) is 63.9 Å². The number of nitrogens with one attached hydrogen (secondary N) is 1. The van der Waals surface area contributed by atoms with E-state index >= 15 is 0 Å². The zero-order chi connectivity index (χ0) is 24.5. The first-order valence-corrected chi connectivity index (χ1v) is 11.6. The van der Waals surface area contributed by atoms with Crippen LogP contribution >= 0.6 is 0 Å². The molecule has 0 atom stereocenters. The summed E-state index contributed by atoms with van der Waals surface area (Å²) in [5, 5.41) is 4.41. The van der Waals surface area contributed by atoms with E-state index in [1.54, 1.807) is 13.3 Å². The van der Waals surface area contributed by atoms with E-state index in [4.69, 9.17) is 20.2 Å². The molecule has 0 amide bonds. The van der Waals surface area contributed by atoms with Crippen molar-refractivity contribution in [1.29, 1.82) is 0 Å². The SMILES string of the molecule is COc1cc(N(C)CCN(C)C)c(N)cc1Nc1nccc(-c2cn3c4c(cccc24)OCC3)n1. The van der Waals surface area contributed by atoms with Gasteiger partial charge in [-0.3, -0.25) is 0 Å². The minimum absolute atomic E-state index is 0.470. The molecule has 5 rings (SSSR count). The van der Waals surface area contributed by atoms with Crippen molar-refractivity contribution >= 4 is 33.9 Å².